The summed E-state index contributed by atoms with van der Waals surface area (Å²) in [6, 6.07) is 0. The highest BCUT2D eigenvalue weighted by Gasteiger charge is 2.15. The summed E-state index contributed by atoms with van der Waals surface area (Å²) in [7, 11) is 0. The van der Waals surface area contributed by atoms with Crippen molar-refractivity contribution in [3.63, 3.8) is 0 Å². The maximum Gasteiger partial charge on any atom is 0.358 e. The molecule has 0 saturated heterocycles. The normalized spacial score (nSPS) is 11.2. The van der Waals surface area contributed by atoms with Gasteiger partial charge in [0.2, 0.25) is 5.91 Å². The van der Waals surface area contributed by atoms with E-state index in [0.29, 0.717) is 0 Å². The fourth-order valence-electron chi connectivity index (χ4n) is 1.08. The molecular formula is C9H14N4O3. The highest BCUT2D eigenvalue weighted by atomic mass is 16.4. The average Bonchev–Trinajstić information content (AvgIpc) is 2.48. The van der Waals surface area contributed by atoms with E-state index in [2.05, 4.69) is 15.6 Å². The molecule has 0 saturated carbocycles. The second kappa shape index (κ2) is 4.30. The van der Waals surface area contributed by atoms with Crippen LogP contribution in [0.3, 0.4) is 0 Å². The fraction of sp³-hybridized carbons (Fsp3) is 0.556. The van der Waals surface area contributed by atoms with Gasteiger partial charge in [-0.1, -0.05) is 5.21 Å². The number of nitrogens with zero attached hydrogens (tertiary/aromatic N) is 3. The second-order valence-electron chi connectivity index (χ2n) is 4.40. The van der Waals surface area contributed by atoms with E-state index in [1.165, 1.54) is 10.9 Å². The van der Waals surface area contributed by atoms with Crippen molar-refractivity contribution in [1.29, 1.82) is 0 Å². The van der Waals surface area contributed by atoms with Crippen LogP contribution in [0.2, 0.25) is 0 Å². The van der Waals surface area contributed by atoms with Gasteiger partial charge in [0.1, 0.15) is 6.54 Å². The minimum Gasteiger partial charge on any atom is -0.476 e. The molecule has 1 aromatic heterocycles. The van der Waals surface area contributed by atoms with Gasteiger partial charge in [-0.3, -0.25) is 4.79 Å². The Labute approximate surface area is 92.4 Å². The van der Waals surface area contributed by atoms with Crippen LogP contribution in [-0.2, 0) is 11.3 Å². The molecule has 1 aromatic rings. The minimum absolute atomic E-state index is 0.0441. The van der Waals surface area contributed by atoms with Gasteiger partial charge in [0.05, 0.1) is 6.20 Å². The molecule has 0 aliphatic rings. The number of carbonyl (C=O) groups excluding carboxylic acids is 1. The predicted octanol–water partition coefficient (Wildman–Crippen LogP) is -0.109. The highest BCUT2D eigenvalue weighted by molar-refractivity contribution is 5.84. The van der Waals surface area contributed by atoms with E-state index in [0.717, 1.165) is 0 Å². The summed E-state index contributed by atoms with van der Waals surface area (Å²) in [5.74, 6) is -1.41. The Morgan fingerprint density at radius 1 is 1.50 bits per heavy atom. The molecule has 1 rings (SSSR count). The van der Waals surface area contributed by atoms with Gasteiger partial charge in [-0.15, -0.1) is 5.10 Å². The molecule has 0 aromatic carbocycles. The van der Waals surface area contributed by atoms with E-state index in [1.807, 2.05) is 20.8 Å². The maximum atomic E-state index is 11.5. The van der Waals surface area contributed by atoms with Crippen molar-refractivity contribution in [1.82, 2.24) is 20.3 Å². The monoisotopic (exact) mass is 226 g/mol. The van der Waals surface area contributed by atoms with Gasteiger partial charge < -0.3 is 10.4 Å². The minimum atomic E-state index is -1.16. The molecule has 0 unspecified atom stereocenters. The highest BCUT2D eigenvalue weighted by Crippen LogP contribution is 1.99. The van der Waals surface area contributed by atoms with E-state index in [1.54, 1.807) is 0 Å². The summed E-state index contributed by atoms with van der Waals surface area (Å²) in [5.41, 5.74) is -0.503. The molecule has 7 heteroatoms. The first-order chi connectivity index (χ1) is 7.28. The number of hydrogen-bond donors (Lipinski definition) is 2. The van der Waals surface area contributed by atoms with Gasteiger partial charge in [0.25, 0.3) is 0 Å². The van der Waals surface area contributed by atoms with E-state index in [-0.39, 0.29) is 23.7 Å². The summed E-state index contributed by atoms with van der Waals surface area (Å²) in [6.45, 7) is 5.52. The van der Waals surface area contributed by atoms with Crippen molar-refractivity contribution in [3.05, 3.63) is 11.9 Å². The van der Waals surface area contributed by atoms with Crippen LogP contribution < -0.4 is 5.32 Å². The summed E-state index contributed by atoms with van der Waals surface area (Å²) < 4.78 is 1.19. The largest absolute Gasteiger partial charge is 0.476 e. The Hall–Kier alpha value is -1.92. The standard InChI is InChI=1S/C9H14N4O3/c1-9(2,3)10-7(14)5-13-4-6(8(15)16)11-12-13/h4H,5H2,1-3H3,(H,10,14)(H,15,16). The van der Waals surface area contributed by atoms with Crippen LogP contribution in [0.1, 0.15) is 31.3 Å². The van der Waals surface area contributed by atoms with Crippen molar-refractivity contribution in [2.75, 3.05) is 0 Å². The van der Waals surface area contributed by atoms with Crippen LogP contribution >= 0.6 is 0 Å². The Morgan fingerprint density at radius 2 is 2.12 bits per heavy atom. The maximum absolute atomic E-state index is 11.5. The number of carbonyl (C=O) groups is 2. The number of carboxylic acids is 1. The van der Waals surface area contributed by atoms with Crippen molar-refractivity contribution >= 4 is 11.9 Å². The number of carboxylic acid groups (broad SMARTS) is 1. The lowest BCUT2D eigenvalue weighted by molar-refractivity contribution is -0.123. The number of aromatic nitrogens is 3. The lowest BCUT2D eigenvalue weighted by atomic mass is 10.1. The van der Waals surface area contributed by atoms with Crippen molar-refractivity contribution < 1.29 is 14.7 Å². The summed E-state index contributed by atoms with van der Waals surface area (Å²) in [5, 5.41) is 18.3. The van der Waals surface area contributed by atoms with E-state index in [4.69, 9.17) is 5.11 Å². The van der Waals surface area contributed by atoms with Crippen molar-refractivity contribution in [2.45, 2.75) is 32.9 Å². The second-order valence-corrected chi connectivity index (χ2v) is 4.40. The van der Waals surface area contributed by atoms with Gasteiger partial charge in [-0.2, -0.15) is 0 Å². The Balaban J connectivity index is 2.60. The smallest absolute Gasteiger partial charge is 0.358 e. The molecule has 16 heavy (non-hydrogen) atoms. The first-order valence-electron chi connectivity index (χ1n) is 4.72. The zero-order valence-electron chi connectivity index (χ0n) is 9.39. The number of nitrogens with one attached hydrogen (secondary N) is 1. The molecule has 0 aliphatic carbocycles. The first-order valence-corrected chi connectivity index (χ1v) is 4.72. The molecule has 1 amide bonds. The molecule has 1 heterocycles. The van der Waals surface area contributed by atoms with Crippen LogP contribution in [0.25, 0.3) is 0 Å². The number of amides is 1. The van der Waals surface area contributed by atoms with Gasteiger partial charge in [0, 0.05) is 5.54 Å². The molecule has 0 bridgehead atoms. The summed E-state index contributed by atoms with van der Waals surface area (Å²) in [6.07, 6.45) is 1.21. The third kappa shape index (κ3) is 3.68. The van der Waals surface area contributed by atoms with E-state index < -0.39 is 5.97 Å². The molecule has 0 spiro atoms. The topological polar surface area (TPSA) is 97.1 Å². The molecule has 0 fully saturated rings. The molecule has 7 nitrogen and oxygen atoms in total. The summed E-state index contributed by atoms with van der Waals surface area (Å²) >= 11 is 0. The van der Waals surface area contributed by atoms with Gasteiger partial charge in [-0.25, -0.2) is 9.48 Å². The lowest BCUT2D eigenvalue weighted by Crippen LogP contribution is -2.42. The van der Waals surface area contributed by atoms with Gasteiger partial charge >= 0.3 is 5.97 Å². The van der Waals surface area contributed by atoms with Crippen molar-refractivity contribution in [3.8, 4) is 0 Å². The van der Waals surface area contributed by atoms with Gasteiger partial charge in [-0.05, 0) is 20.8 Å². The van der Waals surface area contributed by atoms with Crippen LogP contribution in [-0.4, -0.2) is 37.5 Å². The third-order valence-corrected chi connectivity index (χ3v) is 1.58. The predicted molar refractivity (Wildman–Crippen MR) is 54.9 cm³/mol. The molecule has 0 aliphatic heterocycles. The Kier molecular flexibility index (Phi) is 3.26. The summed E-state index contributed by atoms with van der Waals surface area (Å²) in [4.78, 5) is 22.0. The number of aromatic carboxylic acids is 1. The zero-order chi connectivity index (χ0) is 12.3. The number of rotatable bonds is 3. The molecule has 88 valence electrons. The molecule has 2 N–H and O–H groups in total. The SMILES string of the molecule is CC(C)(C)NC(=O)Cn1cc(C(=O)O)nn1. The quantitative estimate of drug-likeness (QED) is 0.749. The Bertz CT molecular complexity index is 405. The third-order valence-electron chi connectivity index (χ3n) is 1.58. The van der Waals surface area contributed by atoms with Gasteiger partial charge in [0.15, 0.2) is 5.69 Å². The number of hydrogen-bond acceptors (Lipinski definition) is 4. The van der Waals surface area contributed by atoms with Crippen LogP contribution in [0, 0.1) is 0 Å². The lowest BCUT2D eigenvalue weighted by Gasteiger charge is -2.20. The van der Waals surface area contributed by atoms with E-state index >= 15 is 0 Å². The Morgan fingerprint density at radius 3 is 2.56 bits per heavy atom. The average molecular weight is 226 g/mol. The molecule has 0 radical (unpaired) electrons. The van der Waals surface area contributed by atoms with Crippen LogP contribution in [0.4, 0.5) is 0 Å². The van der Waals surface area contributed by atoms with Crippen LogP contribution in [0.15, 0.2) is 6.20 Å². The molecule has 0 atom stereocenters. The molecular weight excluding hydrogens is 212 g/mol. The fourth-order valence-corrected chi connectivity index (χ4v) is 1.08. The van der Waals surface area contributed by atoms with E-state index in [9.17, 15) is 9.59 Å². The van der Waals surface area contributed by atoms with Crippen LogP contribution in [0.5, 0.6) is 0 Å². The zero-order valence-corrected chi connectivity index (χ0v) is 9.39. The first kappa shape index (κ1) is 12.2. The van der Waals surface area contributed by atoms with Crippen molar-refractivity contribution in [2.24, 2.45) is 0 Å².